The quantitative estimate of drug-likeness (QED) is 0.302. The third kappa shape index (κ3) is 7.65. The lowest BCUT2D eigenvalue weighted by molar-refractivity contribution is -0.139. The molecule has 0 fully saturated rings. The van der Waals surface area contributed by atoms with E-state index in [1.165, 1.54) is 6.92 Å². The van der Waals surface area contributed by atoms with Crippen LogP contribution in [0.1, 0.15) is 39.2 Å². The first kappa shape index (κ1) is 26.9. The van der Waals surface area contributed by atoms with Crippen LogP contribution in [-0.4, -0.2) is 41.0 Å². The Morgan fingerprint density at radius 2 is 1.47 bits per heavy atom. The van der Waals surface area contributed by atoms with E-state index in [9.17, 15) is 19.5 Å². The highest BCUT2D eigenvalue weighted by Crippen LogP contribution is 2.20. The number of carbonyl (C=O) groups is 3. The second-order valence-electron chi connectivity index (χ2n) is 9.50. The zero-order valence-electron chi connectivity index (χ0n) is 21.0. The van der Waals surface area contributed by atoms with Gasteiger partial charge in [0.05, 0.1) is 6.04 Å². The van der Waals surface area contributed by atoms with Crippen molar-refractivity contribution in [3.05, 3.63) is 78.4 Å². The number of aliphatic carboxylic acids is 1. The van der Waals surface area contributed by atoms with Gasteiger partial charge in [0.1, 0.15) is 12.1 Å². The molecule has 7 nitrogen and oxygen atoms in total. The van der Waals surface area contributed by atoms with Crippen molar-refractivity contribution in [3.8, 4) is 0 Å². The number of fused-ring (bicyclic) bond motifs is 1. The van der Waals surface area contributed by atoms with Crippen molar-refractivity contribution in [2.45, 2.75) is 58.2 Å². The third-order valence-corrected chi connectivity index (χ3v) is 6.10. The Balaban J connectivity index is 1.77. The molecule has 4 N–H and O–H groups in total. The van der Waals surface area contributed by atoms with E-state index < -0.39 is 30.0 Å². The highest BCUT2D eigenvalue weighted by molar-refractivity contribution is 5.98. The van der Waals surface area contributed by atoms with Crippen LogP contribution in [0.15, 0.2) is 72.8 Å². The molecule has 3 aromatic rings. The maximum absolute atomic E-state index is 13.4. The smallest absolute Gasteiger partial charge is 0.320 e. The molecule has 7 heteroatoms. The molecule has 3 rings (SSSR count). The summed E-state index contributed by atoms with van der Waals surface area (Å²) in [6.07, 6.45) is 1.41. The van der Waals surface area contributed by atoms with E-state index in [2.05, 4.69) is 16.0 Å². The number of benzene rings is 3. The van der Waals surface area contributed by atoms with Crippen molar-refractivity contribution in [1.29, 1.82) is 0 Å². The largest absolute Gasteiger partial charge is 0.480 e. The minimum Gasteiger partial charge on any atom is -0.480 e. The average molecular weight is 490 g/mol. The predicted molar refractivity (Wildman–Crippen MR) is 143 cm³/mol. The van der Waals surface area contributed by atoms with Crippen molar-refractivity contribution in [1.82, 2.24) is 10.6 Å². The summed E-state index contributed by atoms with van der Waals surface area (Å²) in [6, 6.07) is 20.7. The fraction of sp³-hybridized carbons (Fsp3) is 0.345. The van der Waals surface area contributed by atoms with Crippen LogP contribution >= 0.6 is 0 Å². The fourth-order valence-electron chi connectivity index (χ4n) is 4.20. The zero-order valence-corrected chi connectivity index (χ0v) is 21.0. The molecule has 36 heavy (non-hydrogen) atoms. The number of rotatable bonds is 12. The van der Waals surface area contributed by atoms with Gasteiger partial charge in [0.25, 0.3) is 0 Å². The first-order chi connectivity index (χ1) is 17.2. The van der Waals surface area contributed by atoms with Gasteiger partial charge >= 0.3 is 5.97 Å². The molecule has 0 saturated carbocycles. The number of amides is 2. The van der Waals surface area contributed by atoms with Crippen LogP contribution in [-0.2, 0) is 20.8 Å². The Labute approximate surface area is 212 Å². The molecule has 0 spiro atoms. The van der Waals surface area contributed by atoms with Crippen LogP contribution < -0.4 is 16.0 Å². The number of aryl methyl sites for hydroxylation is 1. The summed E-state index contributed by atoms with van der Waals surface area (Å²) in [5, 5.41) is 20.3. The van der Waals surface area contributed by atoms with Crippen LogP contribution in [0.3, 0.4) is 0 Å². The molecule has 0 bridgehead atoms. The summed E-state index contributed by atoms with van der Waals surface area (Å²) in [7, 11) is 0. The highest BCUT2D eigenvalue weighted by atomic mass is 16.4. The Morgan fingerprint density at radius 1 is 0.806 bits per heavy atom. The third-order valence-electron chi connectivity index (χ3n) is 6.10. The van der Waals surface area contributed by atoms with Crippen LogP contribution in [0, 0.1) is 5.92 Å². The van der Waals surface area contributed by atoms with Gasteiger partial charge in [-0.2, -0.15) is 0 Å². The summed E-state index contributed by atoms with van der Waals surface area (Å²) in [4.78, 5) is 37.9. The van der Waals surface area contributed by atoms with Gasteiger partial charge in [-0.15, -0.1) is 0 Å². The zero-order chi connectivity index (χ0) is 26.1. The Morgan fingerprint density at radius 3 is 2.17 bits per heavy atom. The summed E-state index contributed by atoms with van der Waals surface area (Å²) >= 11 is 0. The second kappa shape index (κ2) is 12.8. The Kier molecular flexibility index (Phi) is 9.59. The van der Waals surface area contributed by atoms with Gasteiger partial charge in [-0.05, 0) is 60.6 Å². The predicted octanol–water partition coefficient (Wildman–Crippen LogP) is 4.37. The van der Waals surface area contributed by atoms with Crippen LogP contribution in [0.4, 0.5) is 5.69 Å². The van der Waals surface area contributed by atoms with Crippen molar-refractivity contribution in [2.75, 3.05) is 5.32 Å². The summed E-state index contributed by atoms with van der Waals surface area (Å²) in [6.45, 7) is 5.48. The van der Waals surface area contributed by atoms with E-state index in [-0.39, 0.29) is 11.8 Å². The van der Waals surface area contributed by atoms with Gasteiger partial charge in [0.2, 0.25) is 11.8 Å². The standard InChI is InChI=1S/C29H35N3O4/c1-19(2)18-26(28(34)31-23-13-5-4-6-14-23)32-27(33)25(30-20(3)29(35)36)17-16-22-12-9-11-21-10-7-8-15-24(21)22/h4-15,19-20,25-26,30H,16-18H2,1-3H3,(H,31,34)(H,32,33)(H,35,36)/t20-,25?,26+/m1/s1. The van der Waals surface area contributed by atoms with Gasteiger partial charge < -0.3 is 15.7 Å². The molecule has 0 saturated heterocycles. The van der Waals surface area contributed by atoms with Crippen LogP contribution in [0.5, 0.6) is 0 Å². The number of nitrogens with one attached hydrogen (secondary N) is 3. The number of carboxylic acids is 1. The number of para-hydroxylation sites is 1. The van der Waals surface area contributed by atoms with E-state index >= 15 is 0 Å². The molecule has 0 radical (unpaired) electrons. The van der Waals surface area contributed by atoms with E-state index in [0.29, 0.717) is 24.9 Å². The van der Waals surface area contributed by atoms with Crippen molar-refractivity contribution in [3.63, 3.8) is 0 Å². The monoisotopic (exact) mass is 489 g/mol. The Bertz CT molecular complexity index is 1170. The van der Waals surface area contributed by atoms with Gasteiger partial charge in [0, 0.05) is 5.69 Å². The Hall–Kier alpha value is -3.71. The van der Waals surface area contributed by atoms with Crippen molar-refractivity contribution in [2.24, 2.45) is 5.92 Å². The number of anilines is 1. The lowest BCUT2D eigenvalue weighted by Gasteiger charge is -2.25. The summed E-state index contributed by atoms with van der Waals surface area (Å²) in [5.41, 5.74) is 1.73. The molecule has 0 aliphatic heterocycles. The molecule has 3 atom stereocenters. The van der Waals surface area contributed by atoms with E-state index in [1.807, 2.05) is 74.5 Å². The van der Waals surface area contributed by atoms with Gasteiger partial charge in [0.15, 0.2) is 0 Å². The number of carboxylic acid groups (broad SMARTS) is 1. The molecule has 3 aromatic carbocycles. The molecule has 1 unspecified atom stereocenters. The lowest BCUT2D eigenvalue weighted by atomic mass is 9.97. The van der Waals surface area contributed by atoms with Gasteiger partial charge in [-0.25, -0.2) is 0 Å². The second-order valence-corrected chi connectivity index (χ2v) is 9.50. The molecular formula is C29H35N3O4. The van der Waals surface area contributed by atoms with E-state index in [4.69, 9.17) is 0 Å². The molecule has 0 aliphatic rings. The van der Waals surface area contributed by atoms with Gasteiger partial charge in [-0.1, -0.05) is 74.5 Å². The van der Waals surface area contributed by atoms with Gasteiger partial charge in [-0.3, -0.25) is 19.7 Å². The molecule has 0 aliphatic carbocycles. The maximum Gasteiger partial charge on any atom is 0.320 e. The number of hydrogen-bond donors (Lipinski definition) is 4. The average Bonchev–Trinajstić information content (AvgIpc) is 2.86. The summed E-state index contributed by atoms with van der Waals surface area (Å²) < 4.78 is 0. The minimum atomic E-state index is -1.04. The maximum atomic E-state index is 13.4. The SMILES string of the molecule is CC(C)C[C@H](NC(=O)C(CCc1cccc2ccccc12)N[C@H](C)C(=O)O)C(=O)Nc1ccccc1. The van der Waals surface area contributed by atoms with Crippen LogP contribution in [0.25, 0.3) is 10.8 Å². The fourth-order valence-corrected chi connectivity index (χ4v) is 4.20. The minimum absolute atomic E-state index is 0.164. The summed E-state index contributed by atoms with van der Waals surface area (Å²) in [5.74, 6) is -1.57. The first-order valence-electron chi connectivity index (χ1n) is 12.4. The topological polar surface area (TPSA) is 108 Å². The lowest BCUT2D eigenvalue weighted by Crippen LogP contribution is -2.54. The van der Waals surface area contributed by atoms with Crippen molar-refractivity contribution >= 4 is 34.2 Å². The van der Waals surface area contributed by atoms with E-state index in [1.54, 1.807) is 12.1 Å². The molecular weight excluding hydrogens is 454 g/mol. The van der Waals surface area contributed by atoms with Crippen LogP contribution in [0.2, 0.25) is 0 Å². The van der Waals surface area contributed by atoms with E-state index in [0.717, 1.165) is 16.3 Å². The highest BCUT2D eigenvalue weighted by Gasteiger charge is 2.28. The molecule has 2 amide bonds. The molecule has 0 aromatic heterocycles. The molecule has 190 valence electrons. The molecule has 0 heterocycles. The normalized spacial score (nSPS) is 13.7. The number of hydrogen-bond acceptors (Lipinski definition) is 4. The first-order valence-corrected chi connectivity index (χ1v) is 12.4. The van der Waals surface area contributed by atoms with Crippen molar-refractivity contribution < 1.29 is 19.5 Å². The number of carbonyl (C=O) groups excluding carboxylic acids is 2.